The van der Waals surface area contributed by atoms with E-state index in [0.717, 1.165) is 19.3 Å². The average molecular weight is 290 g/mol. The number of hydrogen-bond donors (Lipinski definition) is 1. The second-order valence-electron chi connectivity index (χ2n) is 6.51. The maximum atomic E-state index is 12.4. The Bertz CT molecular complexity index is 443. The summed E-state index contributed by atoms with van der Waals surface area (Å²) in [6.07, 6.45) is -1.82. The fourth-order valence-corrected chi connectivity index (χ4v) is 4.46. The van der Waals surface area contributed by atoms with Crippen molar-refractivity contribution in [3.05, 3.63) is 12.2 Å². The number of carbonyl (C=O) groups excluding carboxylic acids is 1. The minimum atomic E-state index is -4.79. The van der Waals surface area contributed by atoms with Crippen molar-refractivity contribution in [1.82, 2.24) is 0 Å². The molecule has 0 aromatic carbocycles. The molecule has 1 N–H and O–H groups in total. The number of aliphatic hydroxyl groups is 1. The van der Waals surface area contributed by atoms with Crippen LogP contribution in [0.5, 0.6) is 0 Å². The number of halogens is 3. The van der Waals surface area contributed by atoms with E-state index in [-0.39, 0.29) is 5.92 Å². The van der Waals surface area contributed by atoms with Crippen LogP contribution in [0.3, 0.4) is 0 Å². The van der Waals surface area contributed by atoms with Gasteiger partial charge in [0.05, 0.1) is 0 Å². The summed E-state index contributed by atoms with van der Waals surface area (Å²) in [5.41, 5.74) is -2.65. The summed E-state index contributed by atoms with van der Waals surface area (Å²) >= 11 is 0. The lowest BCUT2D eigenvalue weighted by atomic mass is 9.53. The van der Waals surface area contributed by atoms with E-state index >= 15 is 0 Å². The van der Waals surface area contributed by atoms with Crippen LogP contribution in [0.15, 0.2) is 12.2 Å². The molecular formula is C14H17F3O3. The molecule has 3 unspecified atom stereocenters. The molecule has 0 aliphatic heterocycles. The third-order valence-corrected chi connectivity index (χ3v) is 5.00. The molecule has 0 radical (unpaired) electrons. The Balaban J connectivity index is 1.75. The Morgan fingerprint density at radius 3 is 2.20 bits per heavy atom. The second kappa shape index (κ2) is 4.23. The second-order valence-corrected chi connectivity index (χ2v) is 6.51. The normalized spacial score (nSPS) is 42.6. The van der Waals surface area contributed by atoms with Crippen molar-refractivity contribution in [2.24, 2.45) is 17.8 Å². The summed E-state index contributed by atoms with van der Waals surface area (Å²) in [4.78, 5) is 11.6. The fraction of sp³-hybridized carbons (Fsp3) is 0.786. The first-order chi connectivity index (χ1) is 9.19. The number of alkyl halides is 3. The highest BCUT2D eigenvalue weighted by atomic mass is 19.4. The van der Waals surface area contributed by atoms with E-state index in [2.05, 4.69) is 6.58 Å². The Morgan fingerprint density at radius 1 is 1.20 bits per heavy atom. The smallest absolute Gasteiger partial charge is 0.422 e. The monoisotopic (exact) mass is 290 g/mol. The molecule has 3 nitrogen and oxygen atoms in total. The van der Waals surface area contributed by atoms with Gasteiger partial charge in [-0.15, -0.1) is 0 Å². The zero-order valence-corrected chi connectivity index (χ0v) is 10.9. The molecule has 3 atom stereocenters. The average Bonchev–Trinajstić information content (AvgIpc) is 2.30. The van der Waals surface area contributed by atoms with Crippen molar-refractivity contribution in [1.29, 1.82) is 0 Å². The Kier molecular flexibility index (Phi) is 2.94. The van der Waals surface area contributed by atoms with E-state index in [4.69, 9.17) is 4.74 Å². The van der Waals surface area contributed by atoms with Gasteiger partial charge in [-0.2, -0.15) is 13.2 Å². The zero-order chi connectivity index (χ0) is 14.7. The lowest BCUT2D eigenvalue weighted by Crippen LogP contribution is -2.61. The van der Waals surface area contributed by atoms with Crippen LogP contribution in [0.2, 0.25) is 0 Å². The van der Waals surface area contributed by atoms with E-state index in [1.807, 2.05) is 0 Å². The molecule has 0 saturated heterocycles. The highest BCUT2D eigenvalue weighted by molar-refractivity contribution is 5.89. The van der Waals surface area contributed by atoms with Crippen LogP contribution in [-0.2, 0) is 9.53 Å². The maximum absolute atomic E-state index is 12.4. The third-order valence-electron chi connectivity index (χ3n) is 5.00. The van der Waals surface area contributed by atoms with Crippen LogP contribution in [-0.4, -0.2) is 29.0 Å². The standard InChI is InChI=1S/C14H17F3O3/c1-7(14(15,16)17)12(18)20-11-10-3-8-2-9(4-10)6-13(11,19)5-8/h8-11,19H,1-6H2. The molecule has 0 aromatic rings. The van der Waals surface area contributed by atoms with E-state index in [9.17, 15) is 23.1 Å². The van der Waals surface area contributed by atoms with Crippen LogP contribution in [0.4, 0.5) is 13.2 Å². The predicted octanol–water partition coefficient (Wildman–Crippen LogP) is 2.59. The lowest BCUT2D eigenvalue weighted by Gasteiger charge is -2.57. The van der Waals surface area contributed by atoms with Crippen LogP contribution in [0.1, 0.15) is 32.1 Å². The molecule has 0 aromatic heterocycles. The minimum Gasteiger partial charge on any atom is -0.455 e. The summed E-state index contributed by atoms with van der Waals surface area (Å²) < 4.78 is 42.3. The largest absolute Gasteiger partial charge is 0.455 e. The zero-order valence-electron chi connectivity index (χ0n) is 10.9. The van der Waals surface area contributed by atoms with Crippen molar-refractivity contribution in [3.63, 3.8) is 0 Å². The van der Waals surface area contributed by atoms with Gasteiger partial charge in [0.1, 0.15) is 17.3 Å². The molecule has 20 heavy (non-hydrogen) atoms. The van der Waals surface area contributed by atoms with Crippen LogP contribution >= 0.6 is 0 Å². The topological polar surface area (TPSA) is 46.5 Å². The number of rotatable bonds is 2. The Hall–Kier alpha value is -1.04. The number of ether oxygens (including phenoxy) is 1. The van der Waals surface area contributed by atoms with Gasteiger partial charge in [-0.25, -0.2) is 4.79 Å². The Labute approximate surface area is 114 Å². The fourth-order valence-electron chi connectivity index (χ4n) is 4.46. The van der Waals surface area contributed by atoms with Gasteiger partial charge in [-0.3, -0.25) is 0 Å². The molecular weight excluding hydrogens is 273 g/mol. The van der Waals surface area contributed by atoms with Gasteiger partial charge >= 0.3 is 12.1 Å². The van der Waals surface area contributed by atoms with Crippen molar-refractivity contribution < 1.29 is 27.8 Å². The SMILES string of the molecule is C=C(C(=O)OC1C2CC3CC(C2)CC1(O)C3)C(F)(F)F. The summed E-state index contributed by atoms with van der Waals surface area (Å²) in [6, 6.07) is 0. The molecule has 6 heteroatoms. The number of esters is 1. The van der Waals surface area contributed by atoms with Gasteiger partial charge in [-0.1, -0.05) is 6.58 Å². The van der Waals surface area contributed by atoms with Crippen molar-refractivity contribution in [2.75, 3.05) is 0 Å². The van der Waals surface area contributed by atoms with Gasteiger partial charge in [0.2, 0.25) is 0 Å². The third kappa shape index (κ3) is 2.14. The summed E-state index contributed by atoms with van der Waals surface area (Å²) in [7, 11) is 0. The van der Waals surface area contributed by atoms with Crippen molar-refractivity contribution >= 4 is 5.97 Å². The van der Waals surface area contributed by atoms with E-state index in [1.165, 1.54) is 0 Å². The van der Waals surface area contributed by atoms with Crippen molar-refractivity contribution in [3.8, 4) is 0 Å². The van der Waals surface area contributed by atoms with E-state index < -0.39 is 29.4 Å². The van der Waals surface area contributed by atoms with Gasteiger partial charge in [0.25, 0.3) is 0 Å². The quantitative estimate of drug-likeness (QED) is 0.628. The van der Waals surface area contributed by atoms with Gasteiger partial charge in [0, 0.05) is 0 Å². The highest BCUT2D eigenvalue weighted by Crippen LogP contribution is 2.56. The molecule has 0 heterocycles. The predicted molar refractivity (Wildman–Crippen MR) is 63.6 cm³/mol. The highest BCUT2D eigenvalue weighted by Gasteiger charge is 2.58. The summed E-state index contributed by atoms with van der Waals surface area (Å²) in [5, 5.41) is 10.6. The van der Waals surface area contributed by atoms with Crippen molar-refractivity contribution in [2.45, 2.75) is 50.0 Å². The summed E-state index contributed by atoms with van der Waals surface area (Å²) in [5.74, 6) is -0.642. The first kappa shape index (κ1) is 13.9. The molecule has 4 fully saturated rings. The first-order valence-corrected chi connectivity index (χ1v) is 6.88. The lowest BCUT2D eigenvalue weighted by molar-refractivity contribution is -0.223. The number of hydrogen-bond acceptors (Lipinski definition) is 3. The molecule has 4 bridgehead atoms. The van der Waals surface area contributed by atoms with Crippen LogP contribution < -0.4 is 0 Å². The van der Waals surface area contributed by atoms with Gasteiger partial charge in [0.15, 0.2) is 0 Å². The molecule has 4 saturated carbocycles. The minimum absolute atomic E-state index is 0.0174. The van der Waals surface area contributed by atoms with Crippen LogP contribution in [0, 0.1) is 17.8 Å². The van der Waals surface area contributed by atoms with Gasteiger partial charge in [-0.05, 0) is 49.9 Å². The molecule has 0 spiro atoms. The molecule has 4 aliphatic rings. The Morgan fingerprint density at radius 2 is 1.75 bits per heavy atom. The first-order valence-electron chi connectivity index (χ1n) is 6.88. The molecule has 4 rings (SSSR count). The van der Waals surface area contributed by atoms with Gasteiger partial charge < -0.3 is 9.84 Å². The maximum Gasteiger partial charge on any atom is 0.422 e. The molecule has 112 valence electrons. The van der Waals surface area contributed by atoms with E-state index in [1.54, 1.807) is 0 Å². The molecule has 0 amide bonds. The van der Waals surface area contributed by atoms with E-state index in [0.29, 0.717) is 24.7 Å². The van der Waals surface area contributed by atoms with Crippen LogP contribution in [0.25, 0.3) is 0 Å². The summed E-state index contributed by atoms with van der Waals surface area (Å²) in [6.45, 7) is 2.75. The number of carbonyl (C=O) groups is 1. The molecule has 4 aliphatic carbocycles.